The topological polar surface area (TPSA) is 74.0 Å². The molecule has 0 bridgehead atoms. The molecular weight excluding hydrogens is 444 g/mol. The summed E-state index contributed by atoms with van der Waals surface area (Å²) in [7, 11) is 1.92. The van der Waals surface area contributed by atoms with Crippen molar-refractivity contribution in [1.82, 2.24) is 4.98 Å². The fourth-order valence-electron chi connectivity index (χ4n) is 3.61. The zero-order valence-corrected chi connectivity index (χ0v) is 20.3. The van der Waals surface area contributed by atoms with Gasteiger partial charge in [0.15, 0.2) is 11.7 Å². The number of carbonyl (C=O) groups excluding carboxylic acids is 1. The summed E-state index contributed by atoms with van der Waals surface area (Å²) in [5.74, 6) is 1.04. The summed E-state index contributed by atoms with van der Waals surface area (Å²) in [6.07, 6.45) is -0.332. The van der Waals surface area contributed by atoms with Gasteiger partial charge in [0.2, 0.25) is 0 Å². The van der Waals surface area contributed by atoms with E-state index in [-0.39, 0.29) is 5.97 Å². The molecule has 0 saturated heterocycles. The highest BCUT2D eigenvalue weighted by molar-refractivity contribution is 5.76. The summed E-state index contributed by atoms with van der Waals surface area (Å²) < 4.78 is 22.9. The normalized spacial score (nSPS) is 11.7. The highest BCUT2D eigenvalue weighted by Gasteiger charge is 2.23. The van der Waals surface area contributed by atoms with E-state index in [1.807, 2.05) is 91.7 Å². The molecule has 1 unspecified atom stereocenters. The van der Waals surface area contributed by atoms with Gasteiger partial charge >= 0.3 is 5.97 Å². The first-order chi connectivity index (χ1) is 17.0. The minimum Gasteiger partial charge on any atom is -0.492 e. The van der Waals surface area contributed by atoms with E-state index in [1.54, 1.807) is 6.92 Å². The number of likely N-dealkylation sites (N-methyl/N-ethyl adjacent to an activating group) is 1. The smallest absolute Gasteiger partial charge is 0.347 e. The number of aryl methyl sites for hydroxylation is 1. The Kier molecular flexibility index (Phi) is 7.88. The van der Waals surface area contributed by atoms with Gasteiger partial charge in [0, 0.05) is 13.5 Å². The quantitative estimate of drug-likeness (QED) is 0.277. The Hall–Kier alpha value is -4.00. The van der Waals surface area contributed by atoms with Crippen LogP contribution in [0.3, 0.4) is 0 Å². The number of oxazole rings is 1. The second kappa shape index (κ2) is 11.4. The maximum atomic E-state index is 12.5. The second-order valence-electron chi connectivity index (χ2n) is 8.21. The fraction of sp³-hybridized carbons (Fsp3) is 0.286. The fourth-order valence-corrected chi connectivity index (χ4v) is 3.61. The molecule has 4 rings (SSSR count). The number of rotatable bonds is 11. The van der Waals surface area contributed by atoms with Crippen LogP contribution < -0.4 is 14.4 Å². The number of para-hydroxylation sites is 3. The third kappa shape index (κ3) is 6.32. The van der Waals surface area contributed by atoms with Gasteiger partial charge in [-0.05, 0) is 55.3 Å². The monoisotopic (exact) mass is 474 g/mol. The minimum absolute atomic E-state index is 0.303. The van der Waals surface area contributed by atoms with Crippen molar-refractivity contribution in [2.75, 3.05) is 31.7 Å². The van der Waals surface area contributed by atoms with E-state index in [9.17, 15) is 4.79 Å². The molecular formula is C28H30N2O5. The Morgan fingerprint density at radius 1 is 1.03 bits per heavy atom. The van der Waals surface area contributed by atoms with Crippen molar-refractivity contribution in [3.63, 3.8) is 0 Å². The van der Waals surface area contributed by atoms with Crippen molar-refractivity contribution in [2.45, 2.75) is 26.4 Å². The van der Waals surface area contributed by atoms with Crippen LogP contribution in [0.1, 0.15) is 18.1 Å². The maximum absolute atomic E-state index is 12.5. The Bertz CT molecular complexity index is 1220. The molecule has 0 saturated carbocycles. The van der Waals surface area contributed by atoms with E-state index >= 15 is 0 Å². The molecule has 0 radical (unpaired) electrons. The molecule has 0 fully saturated rings. The van der Waals surface area contributed by atoms with Gasteiger partial charge in [0.1, 0.15) is 23.6 Å². The van der Waals surface area contributed by atoms with Crippen LogP contribution in [0.25, 0.3) is 11.1 Å². The molecule has 35 heavy (non-hydrogen) atoms. The third-order valence-electron chi connectivity index (χ3n) is 5.56. The van der Waals surface area contributed by atoms with Crippen molar-refractivity contribution >= 4 is 23.1 Å². The summed E-state index contributed by atoms with van der Waals surface area (Å²) in [5, 5.41) is 0. The number of esters is 1. The summed E-state index contributed by atoms with van der Waals surface area (Å²) in [6.45, 7) is 5.12. The molecule has 1 heterocycles. The van der Waals surface area contributed by atoms with E-state index in [0.29, 0.717) is 37.9 Å². The van der Waals surface area contributed by atoms with Crippen molar-refractivity contribution < 1.29 is 23.4 Å². The summed E-state index contributed by atoms with van der Waals surface area (Å²) in [4.78, 5) is 18.9. The first-order valence-electron chi connectivity index (χ1n) is 11.7. The van der Waals surface area contributed by atoms with Crippen LogP contribution in [0.15, 0.2) is 77.2 Å². The minimum atomic E-state index is -0.729. The van der Waals surface area contributed by atoms with Gasteiger partial charge in [-0.1, -0.05) is 42.5 Å². The van der Waals surface area contributed by atoms with Crippen LogP contribution in [-0.4, -0.2) is 43.9 Å². The number of carbonyl (C=O) groups is 1. The standard InChI is InChI=1S/C28H30N2O5/c1-4-32-27(31)26(34-24-11-7-5-9-20(24)2)19-21-13-15-22(16-14-21)33-18-17-30(3)28-29-23-10-6-8-12-25(23)35-28/h5-16,26H,4,17-19H2,1-3H3. The molecule has 1 atom stereocenters. The van der Waals surface area contributed by atoms with E-state index in [2.05, 4.69) is 4.98 Å². The van der Waals surface area contributed by atoms with Crippen LogP contribution in [0.5, 0.6) is 11.5 Å². The third-order valence-corrected chi connectivity index (χ3v) is 5.56. The lowest BCUT2D eigenvalue weighted by Crippen LogP contribution is -2.32. The van der Waals surface area contributed by atoms with Crippen molar-refractivity contribution in [3.05, 3.63) is 83.9 Å². The van der Waals surface area contributed by atoms with Crippen LogP contribution >= 0.6 is 0 Å². The van der Waals surface area contributed by atoms with Gasteiger partial charge in [-0.3, -0.25) is 0 Å². The van der Waals surface area contributed by atoms with Gasteiger partial charge < -0.3 is 23.5 Å². The van der Waals surface area contributed by atoms with Gasteiger partial charge in [-0.25, -0.2) is 4.79 Å². The molecule has 0 N–H and O–H groups in total. The van der Waals surface area contributed by atoms with Crippen molar-refractivity contribution in [3.8, 4) is 11.5 Å². The number of hydrogen-bond acceptors (Lipinski definition) is 7. The van der Waals surface area contributed by atoms with Crippen LogP contribution in [0, 0.1) is 6.92 Å². The molecule has 4 aromatic rings. The summed E-state index contributed by atoms with van der Waals surface area (Å²) in [5.41, 5.74) is 3.51. The number of benzene rings is 3. The highest BCUT2D eigenvalue weighted by Crippen LogP contribution is 2.22. The molecule has 0 spiro atoms. The van der Waals surface area contributed by atoms with Crippen LogP contribution in [0.2, 0.25) is 0 Å². The van der Waals surface area contributed by atoms with Crippen LogP contribution in [-0.2, 0) is 16.0 Å². The largest absolute Gasteiger partial charge is 0.492 e. The Balaban J connectivity index is 1.32. The van der Waals surface area contributed by atoms with E-state index in [4.69, 9.17) is 18.6 Å². The number of anilines is 1. The number of nitrogens with zero attached hydrogens (tertiary/aromatic N) is 2. The molecule has 7 nitrogen and oxygen atoms in total. The number of ether oxygens (including phenoxy) is 3. The molecule has 3 aromatic carbocycles. The first kappa shape index (κ1) is 24.1. The van der Waals surface area contributed by atoms with E-state index in [1.165, 1.54) is 0 Å². The van der Waals surface area contributed by atoms with Gasteiger partial charge in [0.05, 0.1) is 13.2 Å². The van der Waals surface area contributed by atoms with E-state index in [0.717, 1.165) is 28.0 Å². The zero-order valence-electron chi connectivity index (χ0n) is 20.3. The Morgan fingerprint density at radius 3 is 2.51 bits per heavy atom. The van der Waals surface area contributed by atoms with Crippen LogP contribution in [0.4, 0.5) is 6.01 Å². The Morgan fingerprint density at radius 2 is 1.77 bits per heavy atom. The number of aromatic nitrogens is 1. The van der Waals surface area contributed by atoms with Crippen molar-refractivity contribution in [2.24, 2.45) is 0 Å². The molecule has 7 heteroatoms. The molecule has 0 aliphatic heterocycles. The zero-order chi connectivity index (χ0) is 24.6. The second-order valence-corrected chi connectivity index (χ2v) is 8.21. The number of hydrogen-bond donors (Lipinski definition) is 0. The molecule has 0 aliphatic carbocycles. The predicted molar refractivity (Wildman–Crippen MR) is 135 cm³/mol. The predicted octanol–water partition coefficient (Wildman–Crippen LogP) is 5.20. The van der Waals surface area contributed by atoms with E-state index < -0.39 is 6.10 Å². The lowest BCUT2D eigenvalue weighted by molar-refractivity contribution is -0.151. The number of fused-ring (bicyclic) bond motifs is 1. The first-order valence-corrected chi connectivity index (χ1v) is 11.7. The molecule has 0 amide bonds. The maximum Gasteiger partial charge on any atom is 0.347 e. The highest BCUT2D eigenvalue weighted by atomic mass is 16.6. The van der Waals surface area contributed by atoms with Crippen molar-refractivity contribution in [1.29, 1.82) is 0 Å². The summed E-state index contributed by atoms with van der Waals surface area (Å²) in [6, 6.07) is 23.5. The average molecular weight is 475 g/mol. The summed E-state index contributed by atoms with van der Waals surface area (Å²) >= 11 is 0. The average Bonchev–Trinajstić information content (AvgIpc) is 3.30. The molecule has 0 aliphatic rings. The molecule has 182 valence electrons. The molecule has 1 aromatic heterocycles. The lowest BCUT2D eigenvalue weighted by atomic mass is 10.1. The Labute approximate surface area is 205 Å². The lowest BCUT2D eigenvalue weighted by Gasteiger charge is -2.19. The van der Waals surface area contributed by atoms with Gasteiger partial charge in [0.25, 0.3) is 6.01 Å². The van der Waals surface area contributed by atoms with Gasteiger partial charge in [-0.15, -0.1) is 0 Å². The van der Waals surface area contributed by atoms with Gasteiger partial charge in [-0.2, -0.15) is 4.98 Å². The SMILES string of the molecule is CCOC(=O)C(Cc1ccc(OCCN(C)c2nc3ccccc3o2)cc1)Oc1ccccc1C.